The Morgan fingerprint density at radius 2 is 2.08 bits per heavy atom. The highest BCUT2D eigenvalue weighted by molar-refractivity contribution is 7.99. The van der Waals surface area contributed by atoms with Crippen LogP contribution in [0.25, 0.3) is 11.3 Å². The van der Waals surface area contributed by atoms with E-state index in [1.165, 1.54) is 29.2 Å². The van der Waals surface area contributed by atoms with Crippen molar-refractivity contribution in [3.63, 3.8) is 0 Å². The number of nitrogens with zero attached hydrogens (tertiary/aromatic N) is 3. The van der Waals surface area contributed by atoms with E-state index in [0.717, 1.165) is 23.4 Å². The van der Waals surface area contributed by atoms with E-state index in [-0.39, 0.29) is 17.2 Å². The zero-order chi connectivity index (χ0) is 18.4. The van der Waals surface area contributed by atoms with Crippen LogP contribution >= 0.6 is 23.1 Å². The number of aryl methyl sites for hydroxylation is 1. The predicted octanol–water partition coefficient (Wildman–Crippen LogP) is 2.97. The number of amides is 1. The first-order chi connectivity index (χ1) is 12.6. The highest BCUT2D eigenvalue weighted by Crippen LogP contribution is 2.20. The first kappa shape index (κ1) is 18.3. The summed E-state index contributed by atoms with van der Waals surface area (Å²) in [5.41, 5.74) is 1.17. The predicted molar refractivity (Wildman–Crippen MR) is 104 cm³/mol. The molecule has 3 aromatic rings. The third-order valence-electron chi connectivity index (χ3n) is 3.31. The zero-order valence-corrected chi connectivity index (χ0v) is 15.7. The molecule has 134 valence electrons. The Morgan fingerprint density at radius 1 is 1.27 bits per heavy atom. The molecule has 0 aliphatic carbocycles. The summed E-state index contributed by atoms with van der Waals surface area (Å²) < 4.78 is 0. The molecule has 0 saturated heterocycles. The standard InChI is InChI=1S/C17H17N5O2S2/c1-2-6-15-21-22-17(26-15)20-14(24)10-25-16-18-12(9-13(23)19-16)11-7-4-3-5-8-11/h3-5,7-9H,2,6,10H2,1H3,(H,18,19,23)(H,20,22,24). The summed E-state index contributed by atoms with van der Waals surface area (Å²) in [6.07, 6.45) is 1.83. The van der Waals surface area contributed by atoms with Crippen LogP contribution in [-0.4, -0.2) is 31.8 Å². The number of benzene rings is 1. The van der Waals surface area contributed by atoms with Gasteiger partial charge in [0.15, 0.2) is 5.16 Å². The molecule has 0 saturated carbocycles. The summed E-state index contributed by atoms with van der Waals surface area (Å²) in [6.45, 7) is 2.06. The number of carbonyl (C=O) groups excluding carboxylic acids is 1. The molecule has 0 atom stereocenters. The van der Waals surface area contributed by atoms with Gasteiger partial charge in [0, 0.05) is 18.1 Å². The highest BCUT2D eigenvalue weighted by Gasteiger charge is 2.10. The first-order valence-corrected chi connectivity index (χ1v) is 9.86. The van der Waals surface area contributed by atoms with Gasteiger partial charge < -0.3 is 4.98 Å². The van der Waals surface area contributed by atoms with Crippen molar-refractivity contribution in [3.8, 4) is 11.3 Å². The van der Waals surface area contributed by atoms with Gasteiger partial charge in [0.05, 0.1) is 11.4 Å². The largest absolute Gasteiger partial charge is 0.301 e. The van der Waals surface area contributed by atoms with E-state index < -0.39 is 0 Å². The van der Waals surface area contributed by atoms with Crippen molar-refractivity contribution >= 4 is 34.1 Å². The lowest BCUT2D eigenvalue weighted by atomic mass is 10.1. The van der Waals surface area contributed by atoms with Gasteiger partial charge in [-0.25, -0.2) is 4.98 Å². The van der Waals surface area contributed by atoms with Crippen molar-refractivity contribution in [1.82, 2.24) is 20.2 Å². The van der Waals surface area contributed by atoms with Gasteiger partial charge in [-0.2, -0.15) is 0 Å². The molecule has 0 aliphatic heterocycles. The summed E-state index contributed by atoms with van der Waals surface area (Å²) in [4.78, 5) is 31.0. The van der Waals surface area contributed by atoms with Crippen molar-refractivity contribution in [3.05, 3.63) is 51.8 Å². The normalized spacial score (nSPS) is 10.7. The van der Waals surface area contributed by atoms with Crippen LogP contribution in [0.5, 0.6) is 0 Å². The van der Waals surface area contributed by atoms with Crippen molar-refractivity contribution in [2.75, 3.05) is 11.1 Å². The second kappa shape index (κ2) is 8.72. The molecule has 0 radical (unpaired) electrons. The number of carbonyl (C=O) groups is 1. The number of anilines is 1. The van der Waals surface area contributed by atoms with Crippen LogP contribution in [0.15, 0.2) is 46.3 Å². The molecule has 0 unspecified atom stereocenters. The summed E-state index contributed by atoms with van der Waals surface area (Å²) in [7, 11) is 0. The fraction of sp³-hybridized carbons (Fsp3) is 0.235. The van der Waals surface area contributed by atoms with Crippen LogP contribution in [0.4, 0.5) is 5.13 Å². The van der Waals surface area contributed by atoms with Gasteiger partial charge in [0.2, 0.25) is 11.0 Å². The monoisotopic (exact) mass is 387 g/mol. The van der Waals surface area contributed by atoms with E-state index in [1.54, 1.807) is 0 Å². The van der Waals surface area contributed by atoms with Crippen LogP contribution < -0.4 is 10.9 Å². The Hall–Kier alpha value is -2.52. The third kappa shape index (κ3) is 4.99. The average molecular weight is 387 g/mol. The van der Waals surface area contributed by atoms with Gasteiger partial charge in [0.25, 0.3) is 5.56 Å². The smallest absolute Gasteiger partial charge is 0.252 e. The Bertz CT molecular complexity index is 940. The zero-order valence-electron chi connectivity index (χ0n) is 14.1. The number of aromatic amines is 1. The Kier molecular flexibility index (Phi) is 6.13. The van der Waals surface area contributed by atoms with Crippen molar-refractivity contribution in [1.29, 1.82) is 0 Å². The molecule has 1 amide bonds. The molecule has 0 fully saturated rings. The molecule has 9 heteroatoms. The number of H-pyrrole nitrogens is 1. The number of hydrogen-bond donors (Lipinski definition) is 2. The maximum Gasteiger partial charge on any atom is 0.252 e. The second-order valence-corrected chi connectivity index (χ2v) is 7.42. The lowest BCUT2D eigenvalue weighted by Gasteiger charge is -2.04. The molecule has 7 nitrogen and oxygen atoms in total. The molecule has 1 aromatic carbocycles. The molecular formula is C17H17N5O2S2. The summed E-state index contributed by atoms with van der Waals surface area (Å²) in [5, 5.41) is 12.5. The Labute approximate surface area is 158 Å². The Balaban J connectivity index is 1.63. The van der Waals surface area contributed by atoms with E-state index in [4.69, 9.17) is 0 Å². The van der Waals surface area contributed by atoms with Crippen LogP contribution in [0, 0.1) is 0 Å². The average Bonchev–Trinajstić information content (AvgIpc) is 3.07. The maximum atomic E-state index is 12.1. The second-order valence-electron chi connectivity index (χ2n) is 5.39. The van der Waals surface area contributed by atoms with Crippen LogP contribution in [0.3, 0.4) is 0 Å². The fourth-order valence-electron chi connectivity index (χ4n) is 2.17. The van der Waals surface area contributed by atoms with E-state index in [9.17, 15) is 9.59 Å². The first-order valence-electron chi connectivity index (χ1n) is 8.06. The topological polar surface area (TPSA) is 101 Å². The Morgan fingerprint density at radius 3 is 2.85 bits per heavy atom. The summed E-state index contributed by atoms with van der Waals surface area (Å²) >= 11 is 2.54. The van der Waals surface area contributed by atoms with Crippen LogP contribution in [-0.2, 0) is 11.2 Å². The quantitative estimate of drug-likeness (QED) is 0.477. The molecular weight excluding hydrogens is 370 g/mol. The maximum absolute atomic E-state index is 12.1. The third-order valence-corrected chi connectivity index (χ3v) is 5.08. The minimum Gasteiger partial charge on any atom is -0.301 e. The van der Waals surface area contributed by atoms with E-state index in [2.05, 4.69) is 32.4 Å². The van der Waals surface area contributed by atoms with Crippen molar-refractivity contribution in [2.45, 2.75) is 24.9 Å². The van der Waals surface area contributed by atoms with Crippen LogP contribution in [0.1, 0.15) is 18.4 Å². The van der Waals surface area contributed by atoms with Gasteiger partial charge in [-0.1, -0.05) is 60.4 Å². The SMILES string of the molecule is CCCc1nnc(NC(=O)CSc2nc(-c3ccccc3)cc(=O)[nH]2)s1. The number of thioether (sulfide) groups is 1. The van der Waals surface area contributed by atoms with Gasteiger partial charge in [-0.05, 0) is 6.42 Å². The number of hydrogen-bond acceptors (Lipinski definition) is 7. The molecule has 2 N–H and O–H groups in total. The number of nitrogens with one attached hydrogen (secondary N) is 2. The molecule has 2 aromatic heterocycles. The van der Waals surface area contributed by atoms with E-state index >= 15 is 0 Å². The van der Waals surface area contributed by atoms with Crippen LogP contribution in [0.2, 0.25) is 0 Å². The molecule has 0 aliphatic rings. The molecule has 3 rings (SSSR count). The minimum absolute atomic E-state index is 0.115. The van der Waals surface area contributed by atoms with Gasteiger partial charge in [-0.15, -0.1) is 10.2 Å². The highest BCUT2D eigenvalue weighted by atomic mass is 32.2. The molecule has 26 heavy (non-hydrogen) atoms. The minimum atomic E-state index is -0.255. The van der Waals surface area contributed by atoms with Crippen molar-refractivity contribution < 1.29 is 4.79 Å². The van der Waals surface area contributed by atoms with Gasteiger partial charge >= 0.3 is 0 Å². The van der Waals surface area contributed by atoms with Gasteiger partial charge in [-0.3, -0.25) is 14.9 Å². The number of rotatable bonds is 7. The lowest BCUT2D eigenvalue weighted by molar-refractivity contribution is -0.113. The summed E-state index contributed by atoms with van der Waals surface area (Å²) in [5.74, 6) is -0.105. The molecule has 2 heterocycles. The van der Waals surface area contributed by atoms with Gasteiger partial charge in [0.1, 0.15) is 5.01 Å². The molecule has 0 spiro atoms. The number of aromatic nitrogens is 4. The van der Waals surface area contributed by atoms with Crippen molar-refractivity contribution in [2.24, 2.45) is 0 Å². The summed E-state index contributed by atoms with van der Waals surface area (Å²) in [6, 6.07) is 10.9. The van der Waals surface area contributed by atoms with E-state index in [1.807, 2.05) is 30.3 Å². The fourth-order valence-corrected chi connectivity index (χ4v) is 3.70. The lowest BCUT2D eigenvalue weighted by Crippen LogP contribution is -2.15. The molecule has 0 bridgehead atoms. The van der Waals surface area contributed by atoms with E-state index in [0.29, 0.717) is 16.0 Å².